The number of anilines is 2. The number of furan rings is 1. The van der Waals surface area contributed by atoms with Gasteiger partial charge in [-0.05, 0) is 61.6 Å². The van der Waals surface area contributed by atoms with E-state index in [1.807, 2.05) is 0 Å². The SMILES string of the molecule is Cc1occc1C(=O)Nc1cc(NC(=O)NCc2ccnc(OCC3CC3)c2)ccc1F. The number of aromatic nitrogens is 1. The maximum atomic E-state index is 14.1. The molecule has 4 rings (SSSR count). The van der Waals surface area contributed by atoms with Crippen LogP contribution in [0.15, 0.2) is 53.3 Å². The fourth-order valence-corrected chi connectivity index (χ4v) is 2.99. The van der Waals surface area contributed by atoms with Crippen LogP contribution < -0.4 is 20.7 Å². The Morgan fingerprint density at radius 3 is 2.78 bits per heavy atom. The van der Waals surface area contributed by atoms with Gasteiger partial charge in [0.05, 0.1) is 24.1 Å². The molecule has 1 aliphatic rings. The van der Waals surface area contributed by atoms with Crippen molar-refractivity contribution in [3.8, 4) is 5.88 Å². The third kappa shape index (κ3) is 5.63. The predicted octanol–water partition coefficient (Wildman–Crippen LogP) is 4.48. The van der Waals surface area contributed by atoms with E-state index in [-0.39, 0.29) is 12.2 Å². The van der Waals surface area contributed by atoms with Gasteiger partial charge in [0.15, 0.2) is 0 Å². The molecule has 0 bridgehead atoms. The fraction of sp³-hybridized carbons (Fsp3) is 0.261. The molecule has 0 radical (unpaired) electrons. The number of nitrogens with zero attached hydrogens (tertiary/aromatic N) is 1. The van der Waals surface area contributed by atoms with Crippen LogP contribution in [0.1, 0.15) is 34.5 Å². The number of halogens is 1. The van der Waals surface area contributed by atoms with Gasteiger partial charge >= 0.3 is 6.03 Å². The normalized spacial score (nSPS) is 12.8. The van der Waals surface area contributed by atoms with Crippen LogP contribution in [0.25, 0.3) is 0 Å². The molecule has 1 saturated carbocycles. The van der Waals surface area contributed by atoms with Crippen molar-refractivity contribution >= 4 is 23.3 Å². The Morgan fingerprint density at radius 1 is 1.19 bits per heavy atom. The molecule has 3 amide bonds. The van der Waals surface area contributed by atoms with Gasteiger partial charge in [-0.1, -0.05) is 0 Å². The molecule has 166 valence electrons. The van der Waals surface area contributed by atoms with Crippen molar-refractivity contribution in [1.82, 2.24) is 10.3 Å². The number of pyridine rings is 1. The van der Waals surface area contributed by atoms with Gasteiger partial charge in [-0.3, -0.25) is 4.79 Å². The zero-order valence-electron chi connectivity index (χ0n) is 17.5. The number of rotatable bonds is 8. The zero-order valence-corrected chi connectivity index (χ0v) is 17.5. The summed E-state index contributed by atoms with van der Waals surface area (Å²) in [6.07, 6.45) is 5.40. The van der Waals surface area contributed by atoms with Crippen molar-refractivity contribution in [2.75, 3.05) is 17.2 Å². The van der Waals surface area contributed by atoms with E-state index in [2.05, 4.69) is 20.9 Å². The second-order valence-electron chi connectivity index (χ2n) is 7.60. The van der Waals surface area contributed by atoms with Crippen LogP contribution in [0.2, 0.25) is 0 Å². The molecule has 1 fully saturated rings. The van der Waals surface area contributed by atoms with Gasteiger partial charge in [0, 0.05) is 24.5 Å². The molecule has 0 atom stereocenters. The number of aryl methyl sites for hydroxylation is 1. The lowest BCUT2D eigenvalue weighted by Gasteiger charge is -2.11. The molecular weight excluding hydrogens is 415 g/mol. The van der Waals surface area contributed by atoms with Gasteiger partial charge in [0.25, 0.3) is 5.91 Å². The number of ether oxygens (including phenoxy) is 1. The van der Waals surface area contributed by atoms with Crippen molar-refractivity contribution in [2.45, 2.75) is 26.3 Å². The van der Waals surface area contributed by atoms with Gasteiger partial charge < -0.3 is 25.1 Å². The third-order valence-electron chi connectivity index (χ3n) is 4.99. The minimum absolute atomic E-state index is 0.0556. The maximum Gasteiger partial charge on any atom is 0.319 e. The van der Waals surface area contributed by atoms with Crippen molar-refractivity contribution < 1.29 is 23.1 Å². The summed E-state index contributed by atoms with van der Waals surface area (Å²) >= 11 is 0. The van der Waals surface area contributed by atoms with Crippen LogP contribution in [0.5, 0.6) is 5.88 Å². The quantitative estimate of drug-likeness (QED) is 0.481. The first-order chi connectivity index (χ1) is 15.5. The highest BCUT2D eigenvalue weighted by molar-refractivity contribution is 6.05. The summed E-state index contributed by atoms with van der Waals surface area (Å²) in [6, 6.07) is 8.51. The van der Waals surface area contributed by atoms with E-state index in [4.69, 9.17) is 9.15 Å². The third-order valence-corrected chi connectivity index (χ3v) is 4.99. The molecule has 0 saturated heterocycles. The van der Waals surface area contributed by atoms with Gasteiger partial charge in [-0.15, -0.1) is 0 Å². The predicted molar refractivity (Wildman–Crippen MR) is 116 cm³/mol. The van der Waals surface area contributed by atoms with Crippen LogP contribution >= 0.6 is 0 Å². The first kappa shape index (κ1) is 21.4. The molecule has 1 aromatic carbocycles. The molecule has 2 heterocycles. The van der Waals surface area contributed by atoms with Crippen molar-refractivity contribution in [3.63, 3.8) is 0 Å². The standard InChI is InChI=1S/C23H23FN4O4/c1-14-18(7-9-31-14)22(29)28-20-11-17(4-5-19(20)24)27-23(30)26-12-16-6-8-25-21(10-16)32-13-15-2-3-15/h4-11,15H,2-3,12-13H2,1H3,(H,28,29)(H2,26,27,30). The molecule has 3 aromatic rings. The average Bonchev–Trinajstić information content (AvgIpc) is 3.51. The van der Waals surface area contributed by atoms with E-state index in [0.717, 1.165) is 5.56 Å². The second-order valence-corrected chi connectivity index (χ2v) is 7.60. The Bertz CT molecular complexity index is 1130. The Labute approximate surface area is 184 Å². The molecule has 8 nitrogen and oxygen atoms in total. The van der Waals surface area contributed by atoms with Crippen LogP contribution in [0.4, 0.5) is 20.6 Å². The van der Waals surface area contributed by atoms with Gasteiger partial charge in [0.1, 0.15) is 11.6 Å². The van der Waals surface area contributed by atoms with Crippen LogP contribution in [-0.2, 0) is 6.54 Å². The molecule has 0 aliphatic heterocycles. The minimum atomic E-state index is -0.624. The van der Waals surface area contributed by atoms with Crippen molar-refractivity contribution in [3.05, 3.63) is 71.6 Å². The van der Waals surface area contributed by atoms with E-state index in [0.29, 0.717) is 35.4 Å². The topological polar surface area (TPSA) is 105 Å². The zero-order chi connectivity index (χ0) is 22.5. The number of amides is 3. The lowest BCUT2D eigenvalue weighted by Crippen LogP contribution is -2.28. The summed E-state index contributed by atoms with van der Waals surface area (Å²) in [5.41, 5.74) is 1.41. The van der Waals surface area contributed by atoms with Gasteiger partial charge in [0.2, 0.25) is 5.88 Å². The second kappa shape index (κ2) is 9.51. The first-order valence-electron chi connectivity index (χ1n) is 10.3. The first-order valence-corrected chi connectivity index (χ1v) is 10.3. The highest BCUT2D eigenvalue weighted by Gasteiger charge is 2.22. The van der Waals surface area contributed by atoms with Crippen LogP contribution in [0, 0.1) is 18.7 Å². The number of benzene rings is 1. The van der Waals surface area contributed by atoms with Crippen LogP contribution in [0.3, 0.4) is 0 Å². The fourth-order valence-electron chi connectivity index (χ4n) is 2.99. The van der Waals surface area contributed by atoms with E-state index in [1.54, 1.807) is 25.3 Å². The van der Waals surface area contributed by atoms with E-state index < -0.39 is 17.8 Å². The smallest absolute Gasteiger partial charge is 0.319 e. The highest BCUT2D eigenvalue weighted by atomic mass is 19.1. The summed E-state index contributed by atoms with van der Waals surface area (Å²) in [4.78, 5) is 28.8. The van der Waals surface area contributed by atoms with Crippen molar-refractivity contribution in [1.29, 1.82) is 0 Å². The number of hydrogen-bond acceptors (Lipinski definition) is 5. The summed E-state index contributed by atoms with van der Waals surface area (Å²) in [5.74, 6) is 0.450. The number of carbonyl (C=O) groups excluding carboxylic acids is 2. The number of urea groups is 1. The summed E-state index contributed by atoms with van der Waals surface area (Å²) in [7, 11) is 0. The Balaban J connectivity index is 1.32. The molecule has 0 unspecified atom stereocenters. The number of nitrogens with one attached hydrogen (secondary N) is 3. The Hall–Kier alpha value is -3.88. The van der Waals surface area contributed by atoms with E-state index >= 15 is 0 Å². The summed E-state index contributed by atoms with van der Waals surface area (Å²) in [6.45, 7) is 2.56. The molecule has 0 spiro atoms. The molecule has 1 aliphatic carbocycles. The van der Waals surface area contributed by atoms with Crippen molar-refractivity contribution in [2.24, 2.45) is 5.92 Å². The lowest BCUT2D eigenvalue weighted by molar-refractivity contribution is 0.102. The maximum absolute atomic E-state index is 14.1. The Kier molecular flexibility index (Phi) is 6.34. The molecule has 32 heavy (non-hydrogen) atoms. The minimum Gasteiger partial charge on any atom is -0.477 e. The molecular formula is C23H23FN4O4. The largest absolute Gasteiger partial charge is 0.477 e. The number of hydrogen-bond donors (Lipinski definition) is 3. The molecule has 2 aromatic heterocycles. The highest BCUT2D eigenvalue weighted by Crippen LogP contribution is 2.29. The molecule has 9 heteroatoms. The van der Waals surface area contributed by atoms with Crippen LogP contribution in [-0.4, -0.2) is 23.5 Å². The molecule has 3 N–H and O–H groups in total. The Morgan fingerprint density at radius 2 is 2.03 bits per heavy atom. The van der Waals surface area contributed by atoms with E-state index in [9.17, 15) is 14.0 Å². The van der Waals surface area contributed by atoms with E-state index in [1.165, 1.54) is 43.4 Å². The van der Waals surface area contributed by atoms with Gasteiger partial charge in [-0.25, -0.2) is 14.2 Å². The summed E-state index contributed by atoms with van der Waals surface area (Å²) < 4.78 is 24.9. The monoisotopic (exact) mass is 438 g/mol. The average molecular weight is 438 g/mol. The summed E-state index contributed by atoms with van der Waals surface area (Å²) in [5, 5.41) is 7.85. The van der Waals surface area contributed by atoms with Gasteiger partial charge in [-0.2, -0.15) is 0 Å². The lowest BCUT2D eigenvalue weighted by atomic mass is 10.2. The number of carbonyl (C=O) groups is 2.